The van der Waals surface area contributed by atoms with E-state index in [1.807, 2.05) is 6.07 Å². The highest BCUT2D eigenvalue weighted by Crippen LogP contribution is 2.34. The molecule has 0 bridgehead atoms. The van der Waals surface area contributed by atoms with Gasteiger partial charge < -0.3 is 4.74 Å². The van der Waals surface area contributed by atoms with Gasteiger partial charge in [-0.1, -0.05) is 41.5 Å². The standard InChI is InChI=1S/C17H17ClO/c1-11-7-12(2)9-15(8-11)17(18)14-3-4-16-13(10-14)5-6-19-16/h3-4,7-10,17H,5-6H2,1-2H3. The molecule has 0 fully saturated rings. The summed E-state index contributed by atoms with van der Waals surface area (Å²) in [6, 6.07) is 12.8. The van der Waals surface area contributed by atoms with Gasteiger partial charge in [0.1, 0.15) is 5.75 Å². The predicted molar refractivity (Wildman–Crippen MR) is 79.3 cm³/mol. The van der Waals surface area contributed by atoms with Crippen LogP contribution >= 0.6 is 11.6 Å². The van der Waals surface area contributed by atoms with E-state index < -0.39 is 0 Å². The summed E-state index contributed by atoms with van der Waals surface area (Å²) in [5.74, 6) is 1.01. The minimum Gasteiger partial charge on any atom is -0.493 e. The lowest BCUT2D eigenvalue weighted by molar-refractivity contribution is 0.357. The highest BCUT2D eigenvalue weighted by Gasteiger charge is 2.17. The fraction of sp³-hybridized carbons (Fsp3) is 0.294. The molecule has 3 rings (SSSR count). The molecule has 2 aromatic rings. The van der Waals surface area contributed by atoms with Crippen LogP contribution < -0.4 is 4.74 Å². The molecule has 0 saturated carbocycles. The average molecular weight is 273 g/mol. The zero-order chi connectivity index (χ0) is 13.4. The number of rotatable bonds is 2. The minimum atomic E-state index is -0.0931. The second-order valence-electron chi connectivity index (χ2n) is 5.25. The highest BCUT2D eigenvalue weighted by atomic mass is 35.5. The quantitative estimate of drug-likeness (QED) is 0.728. The molecule has 0 saturated heterocycles. The lowest BCUT2D eigenvalue weighted by Crippen LogP contribution is -1.96. The van der Waals surface area contributed by atoms with Crippen LogP contribution in [0.4, 0.5) is 0 Å². The highest BCUT2D eigenvalue weighted by molar-refractivity contribution is 6.22. The van der Waals surface area contributed by atoms with E-state index in [1.54, 1.807) is 0 Å². The van der Waals surface area contributed by atoms with Crippen LogP contribution in [0.15, 0.2) is 36.4 Å². The van der Waals surface area contributed by atoms with E-state index in [9.17, 15) is 0 Å². The van der Waals surface area contributed by atoms with E-state index in [0.717, 1.165) is 29.9 Å². The fourth-order valence-electron chi connectivity index (χ4n) is 2.71. The van der Waals surface area contributed by atoms with Gasteiger partial charge in [0, 0.05) is 6.42 Å². The molecule has 1 nitrogen and oxygen atoms in total. The molecule has 1 unspecified atom stereocenters. The lowest BCUT2D eigenvalue weighted by atomic mass is 9.98. The van der Waals surface area contributed by atoms with Crippen LogP contribution in [0.2, 0.25) is 0 Å². The van der Waals surface area contributed by atoms with Crippen molar-refractivity contribution in [3.05, 3.63) is 64.2 Å². The number of hydrogen-bond acceptors (Lipinski definition) is 1. The molecule has 1 aliphatic rings. The molecule has 98 valence electrons. The summed E-state index contributed by atoms with van der Waals surface area (Å²) >= 11 is 6.64. The molecule has 19 heavy (non-hydrogen) atoms. The Morgan fingerprint density at radius 3 is 2.47 bits per heavy atom. The first-order chi connectivity index (χ1) is 9.13. The molecular weight excluding hydrogens is 256 g/mol. The van der Waals surface area contributed by atoms with Crippen molar-refractivity contribution in [2.24, 2.45) is 0 Å². The zero-order valence-corrected chi connectivity index (χ0v) is 12.0. The summed E-state index contributed by atoms with van der Waals surface area (Å²) in [6.45, 7) is 5.00. The second kappa shape index (κ2) is 4.90. The van der Waals surface area contributed by atoms with Crippen LogP contribution in [0.1, 0.15) is 33.2 Å². The van der Waals surface area contributed by atoms with Crippen molar-refractivity contribution in [2.75, 3.05) is 6.61 Å². The van der Waals surface area contributed by atoms with Crippen molar-refractivity contribution in [3.63, 3.8) is 0 Å². The maximum absolute atomic E-state index is 6.64. The van der Waals surface area contributed by atoms with Gasteiger partial charge in [-0.15, -0.1) is 11.6 Å². The van der Waals surface area contributed by atoms with E-state index in [0.29, 0.717) is 0 Å². The van der Waals surface area contributed by atoms with Gasteiger partial charge in [0.25, 0.3) is 0 Å². The van der Waals surface area contributed by atoms with E-state index in [-0.39, 0.29) is 5.38 Å². The molecule has 0 spiro atoms. The van der Waals surface area contributed by atoms with E-state index >= 15 is 0 Å². The van der Waals surface area contributed by atoms with Gasteiger partial charge in [-0.05, 0) is 36.6 Å². The van der Waals surface area contributed by atoms with Crippen LogP contribution in [0.5, 0.6) is 5.75 Å². The number of fused-ring (bicyclic) bond motifs is 1. The van der Waals surface area contributed by atoms with Crippen LogP contribution in [-0.4, -0.2) is 6.61 Å². The summed E-state index contributed by atoms with van der Waals surface area (Å²) in [5.41, 5.74) is 6.09. The Labute approximate surface area is 119 Å². The molecule has 1 aliphatic heterocycles. The average Bonchev–Trinajstić information content (AvgIpc) is 2.83. The van der Waals surface area contributed by atoms with E-state index in [4.69, 9.17) is 16.3 Å². The van der Waals surface area contributed by atoms with Crippen LogP contribution in [-0.2, 0) is 6.42 Å². The summed E-state index contributed by atoms with van der Waals surface area (Å²) in [4.78, 5) is 0. The first kappa shape index (κ1) is 12.6. The Balaban J connectivity index is 1.97. The van der Waals surface area contributed by atoms with Crippen LogP contribution in [0.25, 0.3) is 0 Å². The van der Waals surface area contributed by atoms with Crippen molar-refractivity contribution in [1.82, 2.24) is 0 Å². The summed E-state index contributed by atoms with van der Waals surface area (Å²) < 4.78 is 5.53. The van der Waals surface area contributed by atoms with E-state index in [1.165, 1.54) is 16.7 Å². The molecule has 1 atom stereocenters. The molecule has 2 aromatic carbocycles. The zero-order valence-electron chi connectivity index (χ0n) is 11.2. The molecular formula is C17H17ClO. The normalized spacial score (nSPS) is 14.9. The van der Waals surface area contributed by atoms with Crippen LogP contribution in [0, 0.1) is 13.8 Å². The van der Waals surface area contributed by atoms with Gasteiger partial charge >= 0.3 is 0 Å². The van der Waals surface area contributed by atoms with Crippen molar-refractivity contribution < 1.29 is 4.74 Å². The SMILES string of the molecule is Cc1cc(C)cc(C(Cl)c2ccc3c(c2)CCO3)c1. The summed E-state index contributed by atoms with van der Waals surface area (Å²) in [5, 5.41) is -0.0931. The fourth-order valence-corrected chi connectivity index (χ4v) is 2.97. The Hall–Kier alpha value is -1.47. The smallest absolute Gasteiger partial charge is 0.122 e. The Kier molecular flexibility index (Phi) is 3.24. The largest absolute Gasteiger partial charge is 0.493 e. The Morgan fingerprint density at radius 1 is 1.00 bits per heavy atom. The molecule has 0 aromatic heterocycles. The van der Waals surface area contributed by atoms with Gasteiger partial charge in [-0.25, -0.2) is 0 Å². The van der Waals surface area contributed by atoms with Crippen molar-refractivity contribution in [2.45, 2.75) is 25.6 Å². The third-order valence-electron chi connectivity index (χ3n) is 3.54. The third-order valence-corrected chi connectivity index (χ3v) is 4.05. The topological polar surface area (TPSA) is 9.23 Å². The molecule has 0 aliphatic carbocycles. The molecule has 2 heteroatoms. The Morgan fingerprint density at radius 2 is 1.74 bits per heavy atom. The molecule has 0 N–H and O–H groups in total. The number of hydrogen-bond donors (Lipinski definition) is 0. The summed E-state index contributed by atoms with van der Waals surface area (Å²) in [7, 11) is 0. The minimum absolute atomic E-state index is 0.0931. The van der Waals surface area contributed by atoms with Gasteiger partial charge in [0.05, 0.1) is 12.0 Å². The Bertz CT molecular complexity index is 598. The number of ether oxygens (including phenoxy) is 1. The number of benzene rings is 2. The number of aryl methyl sites for hydroxylation is 2. The molecule has 1 heterocycles. The van der Waals surface area contributed by atoms with Crippen molar-refractivity contribution in [1.29, 1.82) is 0 Å². The van der Waals surface area contributed by atoms with Gasteiger partial charge in [-0.3, -0.25) is 0 Å². The van der Waals surface area contributed by atoms with Crippen molar-refractivity contribution >= 4 is 11.6 Å². The first-order valence-electron chi connectivity index (χ1n) is 6.61. The third kappa shape index (κ3) is 2.48. The molecule has 0 radical (unpaired) electrons. The van der Waals surface area contributed by atoms with E-state index in [2.05, 4.69) is 44.2 Å². The summed E-state index contributed by atoms with van der Waals surface area (Å²) in [6.07, 6.45) is 0.986. The molecule has 0 amide bonds. The van der Waals surface area contributed by atoms with Crippen LogP contribution in [0.3, 0.4) is 0 Å². The van der Waals surface area contributed by atoms with Gasteiger partial charge in [0.2, 0.25) is 0 Å². The number of halogens is 1. The predicted octanol–water partition coefficient (Wildman–Crippen LogP) is 4.57. The second-order valence-corrected chi connectivity index (χ2v) is 5.69. The lowest BCUT2D eigenvalue weighted by Gasteiger charge is -2.13. The van der Waals surface area contributed by atoms with Gasteiger partial charge in [0.15, 0.2) is 0 Å². The van der Waals surface area contributed by atoms with Gasteiger partial charge in [-0.2, -0.15) is 0 Å². The monoisotopic (exact) mass is 272 g/mol. The number of alkyl halides is 1. The maximum atomic E-state index is 6.64. The first-order valence-corrected chi connectivity index (χ1v) is 7.05. The maximum Gasteiger partial charge on any atom is 0.122 e. The van der Waals surface area contributed by atoms with Crippen molar-refractivity contribution in [3.8, 4) is 5.75 Å².